The number of aromatic nitrogens is 4. The van der Waals surface area contributed by atoms with Crippen LogP contribution in [0.3, 0.4) is 0 Å². The molecule has 7 nitrogen and oxygen atoms in total. The molecule has 0 unspecified atom stereocenters. The third-order valence-electron chi connectivity index (χ3n) is 3.84. The number of esters is 1. The third kappa shape index (κ3) is 3.50. The first-order valence-electron chi connectivity index (χ1n) is 7.95. The molecule has 25 heavy (non-hydrogen) atoms. The second kappa shape index (κ2) is 7.12. The van der Waals surface area contributed by atoms with Crippen molar-refractivity contribution in [1.82, 2.24) is 19.4 Å². The van der Waals surface area contributed by atoms with Crippen LogP contribution in [0.25, 0.3) is 5.69 Å². The fraction of sp³-hybridized carbons (Fsp3) is 0.222. The van der Waals surface area contributed by atoms with Gasteiger partial charge in [-0.15, -0.1) is 10.2 Å². The van der Waals surface area contributed by atoms with Crippen LogP contribution in [0.5, 0.6) is 0 Å². The Morgan fingerprint density at radius 2 is 1.88 bits per heavy atom. The van der Waals surface area contributed by atoms with E-state index >= 15 is 0 Å². The minimum atomic E-state index is -0.309. The van der Waals surface area contributed by atoms with Crippen molar-refractivity contribution in [3.63, 3.8) is 0 Å². The van der Waals surface area contributed by atoms with Crippen LogP contribution >= 0.6 is 0 Å². The molecule has 0 saturated heterocycles. The quantitative estimate of drug-likeness (QED) is 0.530. The van der Waals surface area contributed by atoms with Crippen LogP contribution in [0.2, 0.25) is 0 Å². The predicted octanol–water partition coefficient (Wildman–Crippen LogP) is 2.74. The highest BCUT2D eigenvalue weighted by Gasteiger charge is 2.11. The lowest BCUT2D eigenvalue weighted by atomic mass is 10.2. The van der Waals surface area contributed by atoms with E-state index < -0.39 is 0 Å². The second-order valence-electron chi connectivity index (χ2n) is 5.52. The van der Waals surface area contributed by atoms with Crippen molar-refractivity contribution in [2.45, 2.75) is 20.8 Å². The maximum absolute atomic E-state index is 11.8. The molecular formula is C18H19N5O2. The molecule has 0 amide bonds. The van der Waals surface area contributed by atoms with Crippen molar-refractivity contribution < 1.29 is 9.53 Å². The van der Waals surface area contributed by atoms with Gasteiger partial charge in [0, 0.05) is 22.6 Å². The number of benzene rings is 1. The molecule has 0 aliphatic heterocycles. The highest BCUT2D eigenvalue weighted by Crippen LogP contribution is 2.20. The SMILES string of the molecule is CCOC(=O)c1ccc(-n2c(C)cc(/C=N\n3cnnc3)c2C)cc1. The summed E-state index contributed by atoms with van der Waals surface area (Å²) in [5.74, 6) is -0.309. The Morgan fingerprint density at radius 3 is 2.52 bits per heavy atom. The zero-order valence-corrected chi connectivity index (χ0v) is 14.4. The lowest BCUT2D eigenvalue weighted by Crippen LogP contribution is -2.05. The molecule has 3 aromatic rings. The van der Waals surface area contributed by atoms with Crippen LogP contribution in [0.15, 0.2) is 48.1 Å². The maximum atomic E-state index is 11.8. The van der Waals surface area contributed by atoms with E-state index in [0.29, 0.717) is 12.2 Å². The number of hydrogen-bond donors (Lipinski definition) is 0. The van der Waals surface area contributed by atoms with Crippen molar-refractivity contribution in [2.75, 3.05) is 6.61 Å². The molecule has 0 radical (unpaired) electrons. The van der Waals surface area contributed by atoms with Gasteiger partial charge in [-0.1, -0.05) is 0 Å². The van der Waals surface area contributed by atoms with Gasteiger partial charge in [-0.3, -0.25) is 0 Å². The first-order valence-corrected chi connectivity index (χ1v) is 7.95. The van der Waals surface area contributed by atoms with E-state index in [1.165, 1.54) is 12.7 Å². The van der Waals surface area contributed by atoms with E-state index in [0.717, 1.165) is 22.6 Å². The average Bonchev–Trinajstić information content (AvgIpc) is 3.21. The summed E-state index contributed by atoms with van der Waals surface area (Å²) < 4.78 is 8.67. The van der Waals surface area contributed by atoms with Crippen LogP contribution in [-0.2, 0) is 4.74 Å². The molecule has 0 saturated carbocycles. The molecule has 3 rings (SSSR count). The summed E-state index contributed by atoms with van der Waals surface area (Å²) in [5.41, 5.74) is 4.65. The number of carbonyl (C=O) groups is 1. The third-order valence-corrected chi connectivity index (χ3v) is 3.84. The second-order valence-corrected chi connectivity index (χ2v) is 5.52. The Hall–Kier alpha value is -3.22. The summed E-state index contributed by atoms with van der Waals surface area (Å²) in [6.45, 7) is 6.22. The van der Waals surface area contributed by atoms with Crippen molar-refractivity contribution in [3.8, 4) is 5.69 Å². The maximum Gasteiger partial charge on any atom is 0.338 e. The molecule has 0 atom stereocenters. The zero-order valence-electron chi connectivity index (χ0n) is 14.4. The van der Waals surface area contributed by atoms with Crippen LogP contribution in [0.4, 0.5) is 0 Å². The standard InChI is InChI=1S/C18H19N5O2/c1-4-25-18(24)15-5-7-17(8-6-15)23-13(2)9-16(14(23)3)10-21-22-11-19-20-12-22/h5-12H,4H2,1-3H3/b21-10-. The Labute approximate surface area is 145 Å². The van der Waals surface area contributed by atoms with E-state index in [4.69, 9.17) is 4.74 Å². The Balaban J connectivity index is 1.89. The van der Waals surface area contributed by atoms with Gasteiger partial charge in [0.2, 0.25) is 0 Å². The summed E-state index contributed by atoms with van der Waals surface area (Å²) in [7, 11) is 0. The highest BCUT2D eigenvalue weighted by molar-refractivity contribution is 5.89. The summed E-state index contributed by atoms with van der Waals surface area (Å²) in [4.78, 5) is 11.8. The summed E-state index contributed by atoms with van der Waals surface area (Å²) in [6, 6.07) is 9.43. The van der Waals surface area contributed by atoms with Crippen molar-refractivity contribution in [2.24, 2.45) is 5.10 Å². The lowest BCUT2D eigenvalue weighted by molar-refractivity contribution is 0.0526. The molecule has 2 heterocycles. The molecular weight excluding hydrogens is 318 g/mol. The van der Waals surface area contributed by atoms with Crippen LogP contribution in [-0.4, -0.2) is 38.2 Å². The molecule has 0 spiro atoms. The molecule has 0 bridgehead atoms. The van der Waals surface area contributed by atoms with E-state index in [2.05, 4.69) is 25.9 Å². The molecule has 7 heteroatoms. The zero-order chi connectivity index (χ0) is 17.8. The Morgan fingerprint density at radius 1 is 1.20 bits per heavy atom. The Bertz CT molecular complexity index is 892. The fourth-order valence-corrected chi connectivity index (χ4v) is 2.66. The van der Waals surface area contributed by atoms with Gasteiger partial charge in [0.15, 0.2) is 0 Å². The van der Waals surface area contributed by atoms with Crippen LogP contribution in [0, 0.1) is 13.8 Å². The van der Waals surface area contributed by atoms with Gasteiger partial charge in [0.25, 0.3) is 0 Å². The molecule has 128 valence electrons. The number of aryl methyl sites for hydroxylation is 1. The first kappa shape index (κ1) is 16.6. The fourth-order valence-electron chi connectivity index (χ4n) is 2.66. The van der Waals surface area contributed by atoms with Crippen molar-refractivity contribution in [1.29, 1.82) is 0 Å². The minimum absolute atomic E-state index is 0.309. The molecule has 0 aliphatic carbocycles. The van der Waals surface area contributed by atoms with Crippen LogP contribution in [0.1, 0.15) is 34.2 Å². The van der Waals surface area contributed by atoms with Gasteiger partial charge < -0.3 is 9.30 Å². The number of carbonyl (C=O) groups excluding carboxylic acids is 1. The summed E-state index contributed by atoms with van der Waals surface area (Å²) >= 11 is 0. The number of rotatable bonds is 5. The monoisotopic (exact) mass is 337 g/mol. The van der Waals surface area contributed by atoms with Gasteiger partial charge in [0.1, 0.15) is 12.7 Å². The predicted molar refractivity (Wildman–Crippen MR) is 94.2 cm³/mol. The van der Waals surface area contributed by atoms with E-state index in [1.54, 1.807) is 29.9 Å². The van der Waals surface area contributed by atoms with Gasteiger partial charge >= 0.3 is 5.97 Å². The normalized spacial score (nSPS) is 11.2. The molecule has 0 aliphatic rings. The summed E-state index contributed by atoms with van der Waals surface area (Å²) in [6.07, 6.45) is 4.84. The number of hydrogen-bond acceptors (Lipinski definition) is 5. The van der Waals surface area contributed by atoms with E-state index in [1.807, 2.05) is 26.0 Å². The van der Waals surface area contributed by atoms with Gasteiger partial charge in [-0.25, -0.2) is 9.47 Å². The largest absolute Gasteiger partial charge is 0.462 e. The van der Waals surface area contributed by atoms with Crippen molar-refractivity contribution >= 4 is 12.2 Å². The smallest absolute Gasteiger partial charge is 0.338 e. The number of ether oxygens (including phenoxy) is 1. The van der Waals surface area contributed by atoms with Crippen molar-refractivity contribution in [3.05, 3.63) is 65.5 Å². The first-order chi connectivity index (χ1) is 12.1. The van der Waals surface area contributed by atoms with Crippen LogP contribution < -0.4 is 0 Å². The topological polar surface area (TPSA) is 74.3 Å². The molecule has 1 aromatic carbocycles. The van der Waals surface area contributed by atoms with Gasteiger partial charge in [0.05, 0.1) is 18.4 Å². The lowest BCUT2D eigenvalue weighted by Gasteiger charge is -2.10. The van der Waals surface area contributed by atoms with Gasteiger partial charge in [-0.05, 0) is 51.1 Å². The number of nitrogens with zero attached hydrogens (tertiary/aromatic N) is 5. The highest BCUT2D eigenvalue weighted by atomic mass is 16.5. The molecule has 0 N–H and O–H groups in total. The van der Waals surface area contributed by atoms with E-state index in [-0.39, 0.29) is 5.97 Å². The summed E-state index contributed by atoms with van der Waals surface area (Å²) in [5, 5.41) is 11.7. The minimum Gasteiger partial charge on any atom is -0.462 e. The molecule has 2 aromatic heterocycles. The Kier molecular flexibility index (Phi) is 4.74. The van der Waals surface area contributed by atoms with E-state index in [9.17, 15) is 4.79 Å². The molecule has 0 fully saturated rings. The van der Waals surface area contributed by atoms with Gasteiger partial charge in [-0.2, -0.15) is 5.10 Å². The average molecular weight is 337 g/mol.